The van der Waals surface area contributed by atoms with Gasteiger partial charge in [-0.25, -0.2) is 4.79 Å². The Balaban J connectivity index is 1.99. The van der Waals surface area contributed by atoms with Gasteiger partial charge in [-0.1, -0.05) is 38.1 Å². The molecule has 0 radical (unpaired) electrons. The fraction of sp³-hybridized carbons (Fsp3) is 0.250. The third-order valence-corrected chi connectivity index (χ3v) is 4.38. The monoisotopic (exact) mass is 419 g/mol. The van der Waals surface area contributed by atoms with Gasteiger partial charge in [-0.3, -0.25) is 9.59 Å². The van der Waals surface area contributed by atoms with Crippen LogP contribution in [0.1, 0.15) is 44.7 Å². The lowest BCUT2D eigenvalue weighted by Gasteiger charge is -2.13. The van der Waals surface area contributed by atoms with E-state index in [1.807, 2.05) is 30.3 Å². The van der Waals surface area contributed by atoms with Gasteiger partial charge in [0.05, 0.1) is 0 Å². The zero-order valence-corrected chi connectivity index (χ0v) is 17.9. The molecule has 0 aliphatic rings. The van der Waals surface area contributed by atoms with Crippen molar-refractivity contribution in [2.24, 2.45) is 0 Å². The van der Waals surface area contributed by atoms with E-state index in [1.54, 1.807) is 24.3 Å². The van der Waals surface area contributed by atoms with Crippen LogP contribution in [0.2, 0.25) is 0 Å². The van der Waals surface area contributed by atoms with E-state index < -0.39 is 18.0 Å². The molecule has 0 bridgehead atoms. The van der Waals surface area contributed by atoms with Crippen molar-refractivity contribution in [3.8, 4) is 6.07 Å². The fourth-order valence-corrected chi connectivity index (χ4v) is 2.64. The SMILES string of the molecule is CC(=O)Nc1ccc(NC(=O)[C@H](C)OC(=O)/C(C#N)=C/c2ccc(C(C)C)cc2)cc1. The first-order chi connectivity index (χ1) is 14.7. The highest BCUT2D eigenvalue weighted by atomic mass is 16.5. The van der Waals surface area contributed by atoms with E-state index in [-0.39, 0.29) is 11.5 Å². The smallest absolute Gasteiger partial charge is 0.349 e. The van der Waals surface area contributed by atoms with Crippen molar-refractivity contribution < 1.29 is 19.1 Å². The van der Waals surface area contributed by atoms with Crippen molar-refractivity contribution in [3.63, 3.8) is 0 Å². The first-order valence-electron chi connectivity index (χ1n) is 9.81. The standard InChI is InChI=1S/C24H25N3O4/c1-15(2)19-7-5-18(6-8-19)13-20(14-25)24(30)31-16(3)23(29)27-22-11-9-21(10-12-22)26-17(4)28/h5-13,15-16H,1-4H3,(H,26,28)(H,27,29)/b20-13+/t16-/m0/s1. The Morgan fingerprint density at radius 3 is 1.97 bits per heavy atom. The summed E-state index contributed by atoms with van der Waals surface area (Å²) in [5.74, 6) is -1.24. The van der Waals surface area contributed by atoms with Gasteiger partial charge in [0.25, 0.3) is 5.91 Å². The molecular weight excluding hydrogens is 394 g/mol. The number of carbonyl (C=O) groups excluding carboxylic acids is 3. The third kappa shape index (κ3) is 7.12. The molecule has 2 amide bonds. The molecule has 7 nitrogen and oxygen atoms in total. The van der Waals surface area contributed by atoms with Crippen LogP contribution in [0.3, 0.4) is 0 Å². The molecule has 1 atom stereocenters. The number of benzene rings is 2. The molecule has 2 aromatic carbocycles. The van der Waals surface area contributed by atoms with Crippen LogP contribution in [0.5, 0.6) is 0 Å². The number of ether oxygens (including phenoxy) is 1. The number of amides is 2. The molecule has 0 aromatic heterocycles. The summed E-state index contributed by atoms with van der Waals surface area (Å²) in [5, 5.41) is 14.6. The molecule has 31 heavy (non-hydrogen) atoms. The lowest BCUT2D eigenvalue weighted by molar-refractivity contribution is -0.148. The van der Waals surface area contributed by atoms with E-state index in [0.717, 1.165) is 5.56 Å². The van der Waals surface area contributed by atoms with Gasteiger partial charge in [0, 0.05) is 18.3 Å². The Bertz CT molecular complexity index is 1020. The summed E-state index contributed by atoms with van der Waals surface area (Å²) in [6.07, 6.45) is 0.320. The minimum Gasteiger partial charge on any atom is -0.448 e. The number of nitrogens with one attached hydrogen (secondary N) is 2. The Labute approximate surface area is 181 Å². The molecule has 0 spiro atoms. The molecule has 0 heterocycles. The molecule has 0 fully saturated rings. The molecule has 7 heteroatoms. The predicted molar refractivity (Wildman–Crippen MR) is 119 cm³/mol. The van der Waals surface area contributed by atoms with Gasteiger partial charge in [0.2, 0.25) is 5.91 Å². The third-order valence-electron chi connectivity index (χ3n) is 4.38. The van der Waals surface area contributed by atoms with Crippen molar-refractivity contribution in [1.82, 2.24) is 0 Å². The molecule has 0 saturated heterocycles. The highest BCUT2D eigenvalue weighted by Crippen LogP contribution is 2.17. The number of carbonyl (C=O) groups is 3. The second-order valence-corrected chi connectivity index (χ2v) is 7.29. The van der Waals surface area contributed by atoms with Gasteiger partial charge in [-0.05, 0) is 54.3 Å². The zero-order chi connectivity index (χ0) is 23.0. The maximum atomic E-state index is 12.3. The van der Waals surface area contributed by atoms with E-state index in [1.165, 1.54) is 19.9 Å². The Hall–Kier alpha value is -3.92. The average molecular weight is 419 g/mol. The number of esters is 1. The fourth-order valence-electron chi connectivity index (χ4n) is 2.64. The summed E-state index contributed by atoms with van der Waals surface area (Å²) < 4.78 is 5.15. The summed E-state index contributed by atoms with van der Waals surface area (Å²) in [6, 6.07) is 15.8. The van der Waals surface area contributed by atoms with Gasteiger partial charge >= 0.3 is 5.97 Å². The highest BCUT2D eigenvalue weighted by Gasteiger charge is 2.20. The number of rotatable bonds is 7. The minimum atomic E-state index is -1.11. The molecular formula is C24H25N3O4. The van der Waals surface area contributed by atoms with Crippen LogP contribution in [-0.4, -0.2) is 23.9 Å². The van der Waals surface area contributed by atoms with Gasteiger partial charge in [-0.2, -0.15) is 5.26 Å². The van der Waals surface area contributed by atoms with Crippen molar-refractivity contribution in [2.45, 2.75) is 39.7 Å². The number of nitrogens with zero attached hydrogens (tertiary/aromatic N) is 1. The largest absolute Gasteiger partial charge is 0.448 e. The second kappa shape index (κ2) is 10.7. The lowest BCUT2D eigenvalue weighted by Crippen LogP contribution is -2.30. The van der Waals surface area contributed by atoms with E-state index in [9.17, 15) is 19.6 Å². The Morgan fingerprint density at radius 2 is 1.48 bits per heavy atom. The van der Waals surface area contributed by atoms with Crippen molar-refractivity contribution in [1.29, 1.82) is 5.26 Å². The number of hydrogen-bond acceptors (Lipinski definition) is 5. The van der Waals surface area contributed by atoms with Crippen molar-refractivity contribution >= 4 is 35.2 Å². The molecule has 0 aliphatic heterocycles. The van der Waals surface area contributed by atoms with E-state index in [2.05, 4.69) is 24.5 Å². The van der Waals surface area contributed by atoms with E-state index >= 15 is 0 Å². The minimum absolute atomic E-state index is 0.198. The highest BCUT2D eigenvalue weighted by molar-refractivity contribution is 6.01. The summed E-state index contributed by atoms with van der Waals surface area (Å²) in [4.78, 5) is 35.7. The van der Waals surface area contributed by atoms with E-state index in [0.29, 0.717) is 22.9 Å². The van der Waals surface area contributed by atoms with Crippen LogP contribution < -0.4 is 10.6 Å². The normalized spacial score (nSPS) is 11.9. The van der Waals surface area contributed by atoms with Crippen LogP contribution in [0, 0.1) is 11.3 Å². The first-order valence-corrected chi connectivity index (χ1v) is 9.81. The van der Waals surface area contributed by atoms with Gasteiger partial charge in [0.1, 0.15) is 11.6 Å². The lowest BCUT2D eigenvalue weighted by atomic mass is 10.0. The molecule has 0 aliphatic carbocycles. The zero-order valence-electron chi connectivity index (χ0n) is 17.9. The summed E-state index contributed by atoms with van der Waals surface area (Å²) in [6.45, 7) is 6.97. The van der Waals surface area contributed by atoms with Crippen LogP contribution >= 0.6 is 0 Å². The maximum absolute atomic E-state index is 12.3. The van der Waals surface area contributed by atoms with Crippen LogP contribution in [0.25, 0.3) is 6.08 Å². The number of nitriles is 1. The Morgan fingerprint density at radius 1 is 0.935 bits per heavy atom. The molecule has 2 N–H and O–H groups in total. The van der Waals surface area contributed by atoms with Gasteiger partial charge in [-0.15, -0.1) is 0 Å². The molecule has 160 valence electrons. The quantitative estimate of drug-likeness (QED) is 0.396. The first kappa shape index (κ1) is 23.4. The van der Waals surface area contributed by atoms with Crippen LogP contribution in [-0.2, 0) is 19.1 Å². The summed E-state index contributed by atoms with van der Waals surface area (Å²) in [7, 11) is 0. The van der Waals surface area contributed by atoms with Crippen LogP contribution in [0.15, 0.2) is 54.1 Å². The summed E-state index contributed by atoms with van der Waals surface area (Å²) in [5.41, 5.74) is 2.71. The van der Waals surface area contributed by atoms with E-state index in [4.69, 9.17) is 4.74 Å². The molecule has 0 saturated carbocycles. The average Bonchev–Trinajstić information content (AvgIpc) is 2.73. The van der Waals surface area contributed by atoms with Gasteiger partial charge in [0.15, 0.2) is 6.10 Å². The topological polar surface area (TPSA) is 108 Å². The van der Waals surface area contributed by atoms with Crippen LogP contribution in [0.4, 0.5) is 11.4 Å². The predicted octanol–water partition coefficient (Wildman–Crippen LogP) is 4.25. The number of hydrogen-bond donors (Lipinski definition) is 2. The Kier molecular flexibility index (Phi) is 8.09. The molecule has 0 unspecified atom stereocenters. The molecule has 2 rings (SSSR count). The van der Waals surface area contributed by atoms with Gasteiger partial charge < -0.3 is 15.4 Å². The second-order valence-electron chi connectivity index (χ2n) is 7.29. The van der Waals surface area contributed by atoms with Crippen molar-refractivity contribution in [2.75, 3.05) is 10.6 Å². The summed E-state index contributed by atoms with van der Waals surface area (Å²) >= 11 is 0. The maximum Gasteiger partial charge on any atom is 0.349 e. The van der Waals surface area contributed by atoms with Crippen molar-refractivity contribution in [3.05, 3.63) is 65.2 Å². The molecule has 2 aromatic rings. The number of anilines is 2.